The maximum Gasteiger partial charge on any atom is 0.247 e. The third-order valence-corrected chi connectivity index (χ3v) is 7.45. The number of nitrogens with one attached hydrogen (secondary N) is 2. The van der Waals surface area contributed by atoms with Crippen molar-refractivity contribution >= 4 is 17.7 Å². The molecule has 2 aromatic rings. The molecule has 180 valence electrons. The van der Waals surface area contributed by atoms with Gasteiger partial charge >= 0.3 is 0 Å². The number of carbonyl (C=O) groups excluding carboxylic acids is 3. The molecule has 1 saturated heterocycles. The largest absolute Gasteiger partial charge is 0.357 e. The first-order chi connectivity index (χ1) is 16.3. The molecule has 0 bridgehead atoms. The van der Waals surface area contributed by atoms with Crippen LogP contribution in [0, 0.1) is 25.7 Å². The maximum atomic E-state index is 14.2. The molecular formula is C27H34N4O3. The van der Waals surface area contributed by atoms with Crippen molar-refractivity contribution in [1.82, 2.24) is 20.5 Å². The first-order valence-electron chi connectivity index (χ1n) is 12.1. The van der Waals surface area contributed by atoms with Crippen LogP contribution in [0.2, 0.25) is 0 Å². The zero-order valence-electron chi connectivity index (χ0n) is 20.6. The number of hydrogen-bond donors (Lipinski definition) is 2. The maximum absolute atomic E-state index is 14.2. The van der Waals surface area contributed by atoms with Crippen molar-refractivity contribution in [2.24, 2.45) is 11.8 Å². The molecule has 4 rings (SSSR count). The van der Waals surface area contributed by atoms with E-state index in [9.17, 15) is 14.4 Å². The molecular weight excluding hydrogens is 428 g/mol. The Bertz CT molecular complexity index is 1090. The zero-order valence-corrected chi connectivity index (χ0v) is 20.6. The minimum atomic E-state index is -0.929. The number of aromatic nitrogens is 1. The molecule has 0 saturated carbocycles. The molecule has 1 fully saturated rings. The van der Waals surface area contributed by atoms with E-state index in [-0.39, 0.29) is 29.6 Å². The average molecular weight is 463 g/mol. The van der Waals surface area contributed by atoms with Crippen LogP contribution in [-0.2, 0) is 27.2 Å². The second-order valence-corrected chi connectivity index (χ2v) is 9.70. The Morgan fingerprint density at radius 1 is 1.21 bits per heavy atom. The Kier molecular flexibility index (Phi) is 6.73. The second-order valence-electron chi connectivity index (χ2n) is 9.70. The number of rotatable bonds is 6. The summed E-state index contributed by atoms with van der Waals surface area (Å²) in [4.78, 5) is 47.1. The number of nitrogens with zero attached hydrogens (tertiary/aromatic N) is 2. The smallest absolute Gasteiger partial charge is 0.247 e. The Labute approximate surface area is 201 Å². The van der Waals surface area contributed by atoms with Crippen LogP contribution in [0.1, 0.15) is 54.3 Å². The van der Waals surface area contributed by atoms with Crippen LogP contribution in [0.3, 0.4) is 0 Å². The van der Waals surface area contributed by atoms with Gasteiger partial charge in [-0.3, -0.25) is 19.4 Å². The third-order valence-electron chi connectivity index (χ3n) is 7.45. The van der Waals surface area contributed by atoms with Crippen molar-refractivity contribution in [3.05, 3.63) is 64.5 Å². The number of piperazine rings is 1. The molecule has 1 aromatic carbocycles. The lowest BCUT2D eigenvalue weighted by atomic mass is 9.85. The lowest BCUT2D eigenvalue weighted by Gasteiger charge is -2.46. The number of likely N-dealkylation sites (N-methyl/N-ethyl adjacent to an activating group) is 1. The summed E-state index contributed by atoms with van der Waals surface area (Å²) in [5, 5.41) is 5.78. The molecule has 4 atom stereocenters. The van der Waals surface area contributed by atoms with E-state index < -0.39 is 18.1 Å². The van der Waals surface area contributed by atoms with Gasteiger partial charge in [0.15, 0.2) is 0 Å². The SMILES string of the molecule is CC[C@H](C)[C@@H]1C(=O)N[C@H](C2Cc3ccccc3C2)C(=O)N1[C@@H](C(=O)NC)c1cc(C)cnc1C. The summed E-state index contributed by atoms with van der Waals surface area (Å²) >= 11 is 0. The zero-order chi connectivity index (χ0) is 24.6. The number of fused-ring (bicyclic) bond motifs is 1. The van der Waals surface area contributed by atoms with E-state index in [1.165, 1.54) is 11.1 Å². The van der Waals surface area contributed by atoms with Crippen LogP contribution in [0.5, 0.6) is 0 Å². The molecule has 0 unspecified atom stereocenters. The molecule has 34 heavy (non-hydrogen) atoms. The van der Waals surface area contributed by atoms with Gasteiger partial charge in [-0.05, 0) is 55.2 Å². The van der Waals surface area contributed by atoms with Crippen molar-refractivity contribution in [1.29, 1.82) is 0 Å². The molecule has 0 radical (unpaired) electrons. The highest BCUT2D eigenvalue weighted by molar-refractivity contribution is 6.00. The molecule has 3 amide bonds. The molecule has 2 aliphatic rings. The summed E-state index contributed by atoms with van der Waals surface area (Å²) in [5.74, 6) is -0.869. The highest BCUT2D eigenvalue weighted by atomic mass is 16.2. The fourth-order valence-electron chi connectivity index (χ4n) is 5.41. The Hall–Kier alpha value is -3.22. The first kappa shape index (κ1) is 23.9. The van der Waals surface area contributed by atoms with Gasteiger partial charge in [0.25, 0.3) is 0 Å². The standard InChI is InChI=1S/C27H34N4O3/c1-6-16(3)23-26(33)30-22(20-12-18-9-7-8-10-19(18)13-20)27(34)31(23)24(25(32)28-5)21-11-15(2)14-29-17(21)4/h7-11,14,16,20,22-24H,6,12-13H2,1-5H3,(H,28,32)(H,30,33)/t16-,22+,23+,24+/m0/s1. The number of hydrogen-bond acceptors (Lipinski definition) is 4. The predicted octanol–water partition coefficient (Wildman–Crippen LogP) is 2.64. The highest BCUT2D eigenvalue weighted by Crippen LogP contribution is 2.36. The molecule has 2 N–H and O–H groups in total. The van der Waals surface area contributed by atoms with Gasteiger partial charge in [0, 0.05) is 24.5 Å². The van der Waals surface area contributed by atoms with E-state index in [4.69, 9.17) is 0 Å². The Morgan fingerprint density at radius 3 is 2.44 bits per heavy atom. The minimum Gasteiger partial charge on any atom is -0.357 e. The summed E-state index contributed by atoms with van der Waals surface area (Å²) < 4.78 is 0. The fraction of sp³-hybridized carbons (Fsp3) is 0.481. The van der Waals surface area contributed by atoms with Crippen LogP contribution in [0.25, 0.3) is 0 Å². The van der Waals surface area contributed by atoms with Crippen LogP contribution in [0.4, 0.5) is 0 Å². The summed E-state index contributed by atoms with van der Waals surface area (Å²) in [6.07, 6.45) is 3.90. The molecule has 1 aromatic heterocycles. The quantitative estimate of drug-likeness (QED) is 0.691. The van der Waals surface area contributed by atoms with Crippen molar-refractivity contribution in [3.8, 4) is 0 Å². The number of pyridine rings is 1. The summed E-state index contributed by atoms with van der Waals surface area (Å²) in [6.45, 7) is 7.70. The minimum absolute atomic E-state index is 0.0451. The number of benzene rings is 1. The first-order valence-corrected chi connectivity index (χ1v) is 12.1. The lowest BCUT2D eigenvalue weighted by Crippen LogP contribution is -2.68. The molecule has 7 nitrogen and oxygen atoms in total. The van der Waals surface area contributed by atoms with Gasteiger partial charge in [0.2, 0.25) is 17.7 Å². The molecule has 2 heterocycles. The van der Waals surface area contributed by atoms with Crippen LogP contribution in [-0.4, -0.2) is 46.7 Å². The number of aryl methyl sites for hydroxylation is 2. The fourth-order valence-corrected chi connectivity index (χ4v) is 5.41. The van der Waals surface area contributed by atoms with Gasteiger partial charge < -0.3 is 15.5 Å². The van der Waals surface area contributed by atoms with Gasteiger partial charge in [-0.2, -0.15) is 0 Å². The average Bonchev–Trinajstić information content (AvgIpc) is 3.26. The topological polar surface area (TPSA) is 91.4 Å². The normalized spacial score (nSPS) is 22.2. The van der Waals surface area contributed by atoms with Crippen molar-refractivity contribution in [2.45, 2.75) is 65.1 Å². The van der Waals surface area contributed by atoms with E-state index in [0.29, 0.717) is 17.7 Å². The van der Waals surface area contributed by atoms with E-state index in [1.54, 1.807) is 18.1 Å². The van der Waals surface area contributed by atoms with E-state index in [0.717, 1.165) is 18.4 Å². The number of carbonyl (C=O) groups is 3. The van der Waals surface area contributed by atoms with Crippen LogP contribution in [0.15, 0.2) is 36.5 Å². The predicted molar refractivity (Wildman–Crippen MR) is 130 cm³/mol. The summed E-state index contributed by atoms with van der Waals surface area (Å²) in [6, 6.07) is 7.73. The monoisotopic (exact) mass is 462 g/mol. The molecule has 1 aliphatic heterocycles. The summed E-state index contributed by atoms with van der Waals surface area (Å²) in [5.41, 5.74) is 4.65. The Balaban J connectivity index is 1.79. The van der Waals surface area contributed by atoms with Crippen LogP contribution < -0.4 is 10.6 Å². The van der Waals surface area contributed by atoms with Gasteiger partial charge in [-0.25, -0.2) is 0 Å². The molecule has 7 heteroatoms. The lowest BCUT2D eigenvalue weighted by molar-refractivity contribution is -0.159. The third kappa shape index (κ3) is 4.19. The molecule has 0 spiro atoms. The summed E-state index contributed by atoms with van der Waals surface area (Å²) in [7, 11) is 1.56. The van der Waals surface area contributed by atoms with Crippen LogP contribution >= 0.6 is 0 Å². The molecule has 1 aliphatic carbocycles. The number of amides is 3. The van der Waals surface area contributed by atoms with Gasteiger partial charge in [0.05, 0.1) is 0 Å². The van der Waals surface area contributed by atoms with Crippen molar-refractivity contribution in [2.75, 3.05) is 7.05 Å². The van der Waals surface area contributed by atoms with Gasteiger partial charge in [0.1, 0.15) is 18.1 Å². The van der Waals surface area contributed by atoms with Gasteiger partial charge in [-0.15, -0.1) is 0 Å². The van der Waals surface area contributed by atoms with E-state index in [1.807, 2.05) is 45.9 Å². The van der Waals surface area contributed by atoms with Gasteiger partial charge in [-0.1, -0.05) is 50.6 Å². The van der Waals surface area contributed by atoms with E-state index in [2.05, 4.69) is 27.8 Å². The van der Waals surface area contributed by atoms with E-state index >= 15 is 0 Å². The second kappa shape index (κ2) is 9.57. The Morgan fingerprint density at radius 2 is 1.85 bits per heavy atom. The highest BCUT2D eigenvalue weighted by Gasteiger charge is 2.50. The van der Waals surface area contributed by atoms with Crippen molar-refractivity contribution < 1.29 is 14.4 Å². The van der Waals surface area contributed by atoms with Crippen molar-refractivity contribution in [3.63, 3.8) is 0 Å².